The number of primary sulfonamides is 2. The average molecular weight is 696 g/mol. The summed E-state index contributed by atoms with van der Waals surface area (Å²) < 4.78 is 48.0. The zero-order chi connectivity index (χ0) is 33.3. The Morgan fingerprint density at radius 2 is 0.977 bits per heavy atom. The Balaban J connectivity index is 3.37. The van der Waals surface area contributed by atoms with Gasteiger partial charge < -0.3 is 25.7 Å². The van der Waals surface area contributed by atoms with E-state index in [-0.39, 0.29) is 26.2 Å². The summed E-state index contributed by atoms with van der Waals surface area (Å²) in [5, 5.41) is 47.1. The van der Waals surface area contributed by atoms with Gasteiger partial charge in [0.2, 0.25) is 26.0 Å². The maximum Gasteiger partial charge on any atom is 0.317 e. The number of nitrogens with zero attached hydrogens (tertiary/aromatic N) is 3. The molecule has 0 saturated heterocycles. The lowest BCUT2D eigenvalue weighted by Gasteiger charge is -2.28. The summed E-state index contributed by atoms with van der Waals surface area (Å²) in [6.07, 6.45) is 0. The number of nitrogens with two attached hydrogens (primary N) is 2. The second-order valence-electron chi connectivity index (χ2n) is 8.79. The normalized spacial score (nSPS) is 12.1. The number of aliphatic carboxylic acids is 4. The molecular weight excluding hydrogens is 667 g/mol. The molecule has 43 heavy (non-hydrogen) atoms. The van der Waals surface area contributed by atoms with Crippen molar-refractivity contribution in [1.29, 1.82) is 0 Å². The zero-order valence-corrected chi connectivity index (χ0v) is 25.1. The lowest BCUT2D eigenvalue weighted by atomic mass is 10.3. The van der Waals surface area contributed by atoms with E-state index >= 15 is 0 Å². The van der Waals surface area contributed by atoms with Crippen LogP contribution in [0.4, 0.5) is 5.69 Å². The van der Waals surface area contributed by atoms with E-state index in [0.717, 1.165) is 9.80 Å². The van der Waals surface area contributed by atoms with Gasteiger partial charge in [0, 0.05) is 26.2 Å². The molecule has 0 aromatic heterocycles. The van der Waals surface area contributed by atoms with Crippen molar-refractivity contribution >= 4 is 78.7 Å². The predicted octanol–water partition coefficient (Wildman–Crippen LogP) is -2.53. The molecule has 0 aliphatic carbocycles. The van der Waals surface area contributed by atoms with Gasteiger partial charge >= 0.3 is 23.9 Å². The number of hydrogen-bond donors (Lipinski definition) is 7. The molecule has 1 amide bonds. The van der Waals surface area contributed by atoms with Crippen molar-refractivity contribution in [3.8, 4) is 0 Å². The fraction of sp³-hybridized carbons (Fsp3) is 0.450. The number of halogens is 2. The van der Waals surface area contributed by atoms with E-state index in [1.165, 1.54) is 4.90 Å². The highest BCUT2D eigenvalue weighted by Gasteiger charge is 2.28. The lowest BCUT2D eigenvalue weighted by Crippen LogP contribution is -2.46. The lowest BCUT2D eigenvalue weighted by molar-refractivity contribution is -0.143. The Morgan fingerprint density at radius 1 is 0.628 bits per heavy atom. The standard InChI is InChI=1S/C20H28Cl2N6O13S2/c21-18-11(42(23,38)39)5-12(43(24,40)41)20(19(18)22)25-13(29)6-26(1-3-27(7-14(30)31)8-15(32)33)2-4-28(9-16(34)35)10-17(36)37/h5H,1-4,6-10H2,(H,25,29)(H,30,31)(H,32,33)(H,34,35)(H,36,37)(H2,23,38,39)(H2,24,40,41). The minimum absolute atomic E-state index is 0.219. The van der Waals surface area contributed by atoms with Crippen LogP contribution >= 0.6 is 23.2 Å². The molecule has 0 heterocycles. The van der Waals surface area contributed by atoms with Crippen molar-refractivity contribution in [2.75, 3.05) is 64.2 Å². The third-order valence-electron chi connectivity index (χ3n) is 5.28. The fourth-order valence-electron chi connectivity index (χ4n) is 3.54. The quantitative estimate of drug-likeness (QED) is 0.0785. The first-order chi connectivity index (χ1) is 19.6. The summed E-state index contributed by atoms with van der Waals surface area (Å²) in [5.41, 5.74) is -0.705. The van der Waals surface area contributed by atoms with Gasteiger partial charge in [-0.3, -0.25) is 38.7 Å². The second kappa shape index (κ2) is 16.1. The van der Waals surface area contributed by atoms with E-state index in [4.69, 9.17) is 53.9 Å². The summed E-state index contributed by atoms with van der Waals surface area (Å²) in [4.78, 5) is 59.0. The summed E-state index contributed by atoms with van der Waals surface area (Å²) >= 11 is 12.0. The highest BCUT2D eigenvalue weighted by molar-refractivity contribution is 7.90. The molecule has 23 heteroatoms. The first kappa shape index (κ1) is 37.9. The van der Waals surface area contributed by atoms with Crippen molar-refractivity contribution in [2.45, 2.75) is 9.79 Å². The van der Waals surface area contributed by atoms with Gasteiger partial charge in [0.15, 0.2) is 0 Å². The maximum absolute atomic E-state index is 13.0. The van der Waals surface area contributed by atoms with Crippen LogP contribution in [0.1, 0.15) is 0 Å². The Labute approximate surface area is 254 Å². The van der Waals surface area contributed by atoms with Gasteiger partial charge in [-0.2, -0.15) is 0 Å². The zero-order valence-electron chi connectivity index (χ0n) is 22.0. The fourth-order valence-corrected chi connectivity index (χ4v) is 5.80. The largest absolute Gasteiger partial charge is 0.480 e. The summed E-state index contributed by atoms with van der Waals surface area (Å²) in [6.45, 7) is -4.37. The van der Waals surface area contributed by atoms with Crippen LogP contribution in [-0.4, -0.2) is 141 Å². The van der Waals surface area contributed by atoms with Crippen LogP contribution in [0.5, 0.6) is 0 Å². The number of anilines is 1. The number of sulfonamides is 2. The van der Waals surface area contributed by atoms with Crippen LogP contribution in [0.25, 0.3) is 0 Å². The third kappa shape index (κ3) is 13.4. The van der Waals surface area contributed by atoms with Gasteiger partial charge in [0.25, 0.3) is 0 Å². The summed E-state index contributed by atoms with van der Waals surface area (Å²) in [6, 6.07) is 0.484. The van der Waals surface area contributed by atoms with E-state index < -0.39 is 108 Å². The molecule has 0 spiro atoms. The Kier molecular flexibility index (Phi) is 14.2. The smallest absolute Gasteiger partial charge is 0.317 e. The number of carboxylic acids is 4. The van der Waals surface area contributed by atoms with Gasteiger partial charge in [-0.15, -0.1) is 0 Å². The van der Waals surface area contributed by atoms with Gasteiger partial charge in [0.05, 0.1) is 48.5 Å². The number of benzene rings is 1. The molecular formula is C20H28Cl2N6O13S2. The van der Waals surface area contributed by atoms with Crippen molar-refractivity contribution in [3.63, 3.8) is 0 Å². The topological polar surface area (TPSA) is 308 Å². The van der Waals surface area contributed by atoms with Crippen LogP contribution in [0, 0.1) is 0 Å². The molecule has 19 nitrogen and oxygen atoms in total. The van der Waals surface area contributed by atoms with Gasteiger partial charge in [-0.25, -0.2) is 27.1 Å². The molecule has 0 bridgehead atoms. The van der Waals surface area contributed by atoms with E-state index in [1.807, 2.05) is 0 Å². The third-order valence-corrected chi connectivity index (χ3v) is 8.13. The molecule has 1 aromatic carbocycles. The van der Waals surface area contributed by atoms with Crippen LogP contribution in [-0.2, 0) is 44.0 Å². The van der Waals surface area contributed by atoms with Crippen molar-refractivity contribution in [2.24, 2.45) is 10.3 Å². The van der Waals surface area contributed by atoms with Gasteiger partial charge in [-0.05, 0) is 6.07 Å². The number of nitrogens with one attached hydrogen (secondary N) is 1. The average Bonchev–Trinajstić information content (AvgIpc) is 2.80. The van der Waals surface area contributed by atoms with Crippen LogP contribution < -0.4 is 15.6 Å². The number of carbonyl (C=O) groups excluding carboxylic acids is 1. The molecule has 0 atom stereocenters. The molecule has 9 N–H and O–H groups in total. The number of amides is 1. The first-order valence-corrected chi connectivity index (χ1v) is 15.4. The SMILES string of the molecule is NS(=O)(=O)c1cc(S(N)(=O)=O)c(NC(=O)CN(CCN(CC(=O)O)CC(=O)O)CCN(CC(=O)O)CC(=O)O)c(Cl)c1Cl. The monoisotopic (exact) mass is 694 g/mol. The molecule has 242 valence electrons. The van der Waals surface area contributed by atoms with E-state index in [9.17, 15) is 40.8 Å². The van der Waals surface area contributed by atoms with E-state index in [0.29, 0.717) is 6.07 Å². The molecule has 0 aliphatic rings. The van der Waals surface area contributed by atoms with Crippen molar-refractivity contribution < 1.29 is 61.2 Å². The molecule has 0 fully saturated rings. The molecule has 0 aliphatic heterocycles. The molecule has 1 rings (SSSR count). The molecule has 1 aromatic rings. The van der Waals surface area contributed by atoms with Crippen molar-refractivity contribution in [3.05, 3.63) is 16.1 Å². The minimum atomic E-state index is -4.75. The van der Waals surface area contributed by atoms with E-state index in [1.54, 1.807) is 0 Å². The summed E-state index contributed by atoms with van der Waals surface area (Å²) in [5.74, 6) is -6.44. The first-order valence-electron chi connectivity index (χ1n) is 11.5. The maximum atomic E-state index is 13.0. The Bertz CT molecular complexity index is 1400. The van der Waals surface area contributed by atoms with Crippen LogP contribution in [0.15, 0.2) is 15.9 Å². The number of rotatable bonds is 19. The number of hydrogen-bond acceptors (Lipinski definition) is 12. The second-order valence-corrected chi connectivity index (χ2v) is 12.6. The van der Waals surface area contributed by atoms with Gasteiger partial charge in [-0.1, -0.05) is 23.2 Å². The Morgan fingerprint density at radius 3 is 1.30 bits per heavy atom. The summed E-state index contributed by atoms with van der Waals surface area (Å²) in [7, 11) is -9.35. The minimum Gasteiger partial charge on any atom is -0.480 e. The van der Waals surface area contributed by atoms with Crippen LogP contribution in [0.3, 0.4) is 0 Å². The van der Waals surface area contributed by atoms with Gasteiger partial charge in [0.1, 0.15) is 9.79 Å². The molecule has 0 saturated carbocycles. The predicted molar refractivity (Wildman–Crippen MR) is 148 cm³/mol. The van der Waals surface area contributed by atoms with Crippen molar-refractivity contribution in [1.82, 2.24) is 14.7 Å². The van der Waals surface area contributed by atoms with E-state index in [2.05, 4.69) is 5.32 Å². The van der Waals surface area contributed by atoms with Crippen LogP contribution in [0.2, 0.25) is 10.0 Å². The highest BCUT2D eigenvalue weighted by atomic mass is 35.5. The number of carboxylic acid groups (broad SMARTS) is 4. The highest BCUT2D eigenvalue weighted by Crippen LogP contribution is 2.39. The molecule has 0 unspecified atom stereocenters. The number of carbonyl (C=O) groups is 5. The molecule has 0 radical (unpaired) electrons. The Hall–Kier alpha value is -3.15.